The molecule has 0 aromatic carbocycles. The molecule has 0 saturated carbocycles. The first kappa shape index (κ1) is 21.6. The van der Waals surface area contributed by atoms with Crippen molar-refractivity contribution in [3.05, 3.63) is 43.9 Å². The van der Waals surface area contributed by atoms with E-state index >= 15 is 0 Å². The Morgan fingerprint density at radius 3 is 1.24 bits per heavy atom. The van der Waals surface area contributed by atoms with Crippen LogP contribution >= 0.6 is 15.8 Å². The average Bonchev–Trinajstić information content (AvgIpc) is 3.09. The molecule has 0 saturated heterocycles. The molecule has 25 heavy (non-hydrogen) atoms. The van der Waals surface area contributed by atoms with Gasteiger partial charge in [-0.05, 0) is 0 Å². The molecule has 0 N–H and O–H groups in total. The van der Waals surface area contributed by atoms with Gasteiger partial charge in [-0.3, -0.25) is 0 Å². The van der Waals surface area contributed by atoms with Crippen LogP contribution in [0.25, 0.3) is 0 Å². The fourth-order valence-corrected chi connectivity index (χ4v) is 12.4. The molecule has 3 heteroatoms. The molecule has 2 aliphatic rings. The van der Waals surface area contributed by atoms with Crippen molar-refractivity contribution < 1.29 is 15.0 Å². The zero-order valence-electron chi connectivity index (χ0n) is 17.3. The fraction of sp³-hybridized carbons (Fsp3) is 0.636. The first-order chi connectivity index (χ1) is 11.7. The van der Waals surface area contributed by atoms with Crippen molar-refractivity contribution in [3.8, 4) is 0 Å². The van der Waals surface area contributed by atoms with Gasteiger partial charge in [-0.25, -0.2) is 0 Å². The molecule has 0 atom stereocenters. The van der Waals surface area contributed by atoms with Crippen LogP contribution in [-0.2, 0) is 15.0 Å². The minimum atomic E-state index is -0.0387. The number of rotatable bonds is 8. The second-order valence-electron chi connectivity index (χ2n) is 8.04. The number of hydrogen-bond acceptors (Lipinski definition) is 0. The summed E-state index contributed by atoms with van der Waals surface area (Å²) in [5, 5.41) is 3.44. The van der Waals surface area contributed by atoms with Crippen molar-refractivity contribution in [2.45, 2.75) is 90.9 Å². The van der Waals surface area contributed by atoms with Gasteiger partial charge in [0.2, 0.25) is 0 Å². The van der Waals surface area contributed by atoms with Crippen molar-refractivity contribution in [2.75, 3.05) is 0 Å². The first-order valence-electron chi connectivity index (χ1n) is 9.72. The minimum absolute atomic E-state index is 0.0387. The monoisotopic (exact) mass is 418 g/mol. The molecule has 2 aliphatic carbocycles. The van der Waals surface area contributed by atoms with Gasteiger partial charge in [-0.2, -0.15) is 0 Å². The van der Waals surface area contributed by atoms with Crippen molar-refractivity contribution in [1.29, 1.82) is 0 Å². The quantitative estimate of drug-likeness (QED) is 0.277. The van der Waals surface area contributed by atoms with Crippen LogP contribution in [0.3, 0.4) is 0 Å². The van der Waals surface area contributed by atoms with E-state index in [0.717, 1.165) is 22.6 Å². The van der Waals surface area contributed by atoms with Crippen LogP contribution in [-0.4, -0.2) is 22.6 Å². The van der Waals surface area contributed by atoms with Crippen molar-refractivity contribution in [2.24, 2.45) is 0 Å². The summed E-state index contributed by atoms with van der Waals surface area (Å²) < 4.78 is 3.46. The van der Waals surface area contributed by atoms with E-state index in [2.05, 4.69) is 79.7 Å². The molecule has 0 aromatic heterocycles. The van der Waals surface area contributed by atoms with Crippen LogP contribution in [0, 0.1) is 0 Å². The molecule has 0 nitrogen and oxygen atoms in total. The molecule has 0 radical (unpaired) electrons. The van der Waals surface area contributed by atoms with Crippen LogP contribution in [0.2, 0.25) is 0 Å². The van der Waals surface area contributed by atoms with Gasteiger partial charge in [0.25, 0.3) is 0 Å². The van der Waals surface area contributed by atoms with E-state index in [4.69, 9.17) is 0 Å². The van der Waals surface area contributed by atoms with Gasteiger partial charge in [-0.15, -0.1) is 0 Å². The predicted molar refractivity (Wildman–Crippen MR) is 116 cm³/mol. The molecule has 0 aromatic rings. The predicted octanol–water partition coefficient (Wildman–Crippen LogP) is 8.01. The third-order valence-electron chi connectivity index (χ3n) is 4.67. The summed E-state index contributed by atoms with van der Waals surface area (Å²) >= 11 is 1.22. The van der Waals surface area contributed by atoms with E-state index < -0.39 is 0 Å². The summed E-state index contributed by atoms with van der Waals surface area (Å²) in [5.41, 5.74) is 3.12. The molecule has 0 bridgehead atoms. The molecule has 2 rings (SSSR count). The van der Waals surface area contributed by atoms with E-state index in [1.807, 2.05) is 0 Å². The third-order valence-corrected chi connectivity index (χ3v) is 13.2. The standard InChI is InChI=1S/2C11H18P.Fe/c2*1-9(2)12(10(3)4)11-7-5-6-8-11;/h2*5,7,9-10H,6H2,1-4H3;. The summed E-state index contributed by atoms with van der Waals surface area (Å²) in [5.74, 6) is 0. The van der Waals surface area contributed by atoms with Crippen LogP contribution in [0.4, 0.5) is 0 Å². The van der Waals surface area contributed by atoms with Gasteiger partial charge < -0.3 is 0 Å². The summed E-state index contributed by atoms with van der Waals surface area (Å²) in [6.07, 6.45) is 12.1. The van der Waals surface area contributed by atoms with E-state index in [1.165, 1.54) is 27.8 Å². The molecular weight excluding hydrogens is 382 g/mol. The van der Waals surface area contributed by atoms with Crippen LogP contribution in [0.5, 0.6) is 0 Å². The normalized spacial score (nSPS) is 18.3. The van der Waals surface area contributed by atoms with Crippen LogP contribution in [0.15, 0.2) is 43.9 Å². The van der Waals surface area contributed by atoms with Gasteiger partial charge in [0, 0.05) is 0 Å². The van der Waals surface area contributed by atoms with Crippen LogP contribution < -0.4 is 0 Å². The van der Waals surface area contributed by atoms with Gasteiger partial charge in [0.05, 0.1) is 0 Å². The topological polar surface area (TPSA) is 0 Å². The third kappa shape index (κ3) is 5.20. The van der Waals surface area contributed by atoms with Gasteiger partial charge in [0.15, 0.2) is 0 Å². The second-order valence-corrected chi connectivity index (χ2v) is 16.4. The van der Waals surface area contributed by atoms with Crippen LogP contribution in [0.1, 0.15) is 68.2 Å². The Labute approximate surface area is 165 Å². The molecule has 0 unspecified atom stereocenters. The first-order valence-corrected chi connectivity index (χ1v) is 13.8. The fourth-order valence-electron chi connectivity index (χ4n) is 3.97. The number of hydrogen-bond donors (Lipinski definition) is 0. The zero-order valence-corrected chi connectivity index (χ0v) is 20.2. The average molecular weight is 418 g/mol. The molecule has 0 spiro atoms. The Kier molecular flexibility index (Phi) is 8.23. The maximum absolute atomic E-state index is 2.47. The van der Waals surface area contributed by atoms with Gasteiger partial charge >= 0.3 is 166 Å². The molecule has 0 heterocycles. The van der Waals surface area contributed by atoms with Crippen molar-refractivity contribution in [3.63, 3.8) is 0 Å². The summed E-state index contributed by atoms with van der Waals surface area (Å²) in [7, 11) is -0.0774. The SMILES string of the molecule is CC(C)P(C1=[C]([Fe][C]2=C(P(C(C)C)C(C)C)C=CC2)CC=C1)C(C)C. The van der Waals surface area contributed by atoms with E-state index in [0.29, 0.717) is 0 Å². The van der Waals surface area contributed by atoms with E-state index in [-0.39, 0.29) is 15.8 Å². The summed E-state index contributed by atoms with van der Waals surface area (Å²) in [6, 6.07) is 0. The Morgan fingerprint density at radius 2 is 0.960 bits per heavy atom. The molecule has 0 aliphatic heterocycles. The second kappa shape index (κ2) is 9.51. The summed E-state index contributed by atoms with van der Waals surface area (Å²) in [4.78, 5) is 0. The van der Waals surface area contributed by atoms with E-state index in [1.54, 1.807) is 19.6 Å². The summed E-state index contributed by atoms with van der Waals surface area (Å²) in [6.45, 7) is 19.3. The Bertz CT molecular complexity index is 523. The molecule has 0 amide bonds. The molecule has 0 fully saturated rings. The zero-order chi connectivity index (χ0) is 18.7. The Balaban J connectivity index is 2.33. The van der Waals surface area contributed by atoms with Crippen molar-refractivity contribution in [1.82, 2.24) is 0 Å². The van der Waals surface area contributed by atoms with Crippen molar-refractivity contribution >= 4 is 15.8 Å². The number of allylic oxidation sites excluding steroid dienone is 8. The Morgan fingerprint density at radius 1 is 0.640 bits per heavy atom. The maximum atomic E-state index is 2.47. The molecular formula is C22H36FeP2. The molecule has 142 valence electrons. The van der Waals surface area contributed by atoms with Gasteiger partial charge in [0.1, 0.15) is 0 Å². The van der Waals surface area contributed by atoms with E-state index in [9.17, 15) is 0 Å². The Hall–Kier alpha value is 0.339. The van der Waals surface area contributed by atoms with Gasteiger partial charge in [-0.1, -0.05) is 0 Å².